The quantitative estimate of drug-likeness (QED) is 0.530. The average molecular weight is 400 g/mol. The number of hydrogen-bond donors (Lipinski definition) is 1. The molecule has 0 amide bonds. The number of aromatic nitrogens is 4. The van der Waals surface area contributed by atoms with Gasteiger partial charge in [-0.2, -0.15) is 5.10 Å². The fourth-order valence-electron chi connectivity index (χ4n) is 2.79. The van der Waals surface area contributed by atoms with Gasteiger partial charge in [-0.05, 0) is 30.3 Å². The van der Waals surface area contributed by atoms with Crippen molar-refractivity contribution in [1.29, 1.82) is 0 Å². The van der Waals surface area contributed by atoms with Crippen LogP contribution in [-0.4, -0.2) is 28.2 Å². The lowest BCUT2D eigenvalue weighted by molar-refractivity contribution is 0.601. The van der Waals surface area contributed by atoms with Gasteiger partial charge in [0.25, 0.3) is 10.0 Å². The summed E-state index contributed by atoms with van der Waals surface area (Å²) in [5, 5.41) is 5.32. The van der Waals surface area contributed by atoms with Crippen molar-refractivity contribution < 1.29 is 8.42 Å². The van der Waals surface area contributed by atoms with Crippen LogP contribution in [0.15, 0.2) is 66.0 Å². The Morgan fingerprint density at radius 3 is 2.63 bits per heavy atom. The normalized spacial score (nSPS) is 11.6. The zero-order chi connectivity index (χ0) is 19.0. The summed E-state index contributed by atoms with van der Waals surface area (Å²) in [6, 6.07) is 11.9. The molecule has 4 aromatic rings. The number of para-hydroxylation sites is 1. The summed E-state index contributed by atoms with van der Waals surface area (Å²) in [5.74, 6) is 0. The Balaban J connectivity index is 1.68. The number of benzene rings is 1. The van der Waals surface area contributed by atoms with Crippen molar-refractivity contribution >= 4 is 38.2 Å². The van der Waals surface area contributed by atoms with Gasteiger partial charge >= 0.3 is 0 Å². The van der Waals surface area contributed by atoms with Gasteiger partial charge in [-0.3, -0.25) is 14.4 Å². The SMILES string of the molecule is Cn1ncc2cccc(NS(=O)(=O)c3ccc(-c4cccnc4Cl)nc3)c21. The predicted octanol–water partition coefficient (Wildman–Crippen LogP) is 3.48. The van der Waals surface area contributed by atoms with Gasteiger partial charge in [0.2, 0.25) is 0 Å². The third kappa shape index (κ3) is 3.24. The highest BCUT2D eigenvalue weighted by molar-refractivity contribution is 7.92. The lowest BCUT2D eigenvalue weighted by Crippen LogP contribution is -2.14. The van der Waals surface area contributed by atoms with Crippen LogP contribution in [0.25, 0.3) is 22.2 Å². The number of pyridine rings is 2. The standard InChI is InChI=1S/C18H14ClN5O2S/c1-24-17-12(10-22-24)4-2-6-16(17)23-27(25,26)13-7-8-15(21-11-13)14-5-3-9-20-18(14)19/h2-11,23H,1H3. The molecule has 1 N–H and O–H groups in total. The third-order valence-corrected chi connectivity index (χ3v) is 5.74. The molecule has 0 atom stereocenters. The summed E-state index contributed by atoms with van der Waals surface area (Å²) in [5.41, 5.74) is 2.33. The first-order valence-corrected chi connectivity index (χ1v) is 9.82. The largest absolute Gasteiger partial charge is 0.277 e. The van der Waals surface area contributed by atoms with E-state index in [2.05, 4.69) is 19.8 Å². The summed E-state index contributed by atoms with van der Waals surface area (Å²) >= 11 is 6.07. The first-order chi connectivity index (χ1) is 13.0. The topological polar surface area (TPSA) is 89.8 Å². The van der Waals surface area contributed by atoms with Crippen LogP contribution in [0, 0.1) is 0 Å². The Kier molecular flexibility index (Phi) is 4.29. The van der Waals surface area contributed by atoms with E-state index in [1.54, 1.807) is 54.5 Å². The zero-order valence-electron chi connectivity index (χ0n) is 14.2. The molecular formula is C18H14ClN5O2S. The monoisotopic (exact) mass is 399 g/mol. The van der Waals surface area contributed by atoms with Gasteiger partial charge < -0.3 is 0 Å². The van der Waals surface area contributed by atoms with E-state index >= 15 is 0 Å². The van der Waals surface area contributed by atoms with Gasteiger partial charge in [0.05, 0.1) is 23.1 Å². The molecule has 136 valence electrons. The molecule has 1 aromatic carbocycles. The van der Waals surface area contributed by atoms with E-state index in [1.807, 2.05) is 6.07 Å². The molecule has 3 heterocycles. The van der Waals surface area contributed by atoms with Crippen molar-refractivity contribution in [1.82, 2.24) is 19.7 Å². The van der Waals surface area contributed by atoms with E-state index in [0.29, 0.717) is 27.6 Å². The molecule has 0 radical (unpaired) electrons. The highest BCUT2D eigenvalue weighted by Gasteiger charge is 2.18. The van der Waals surface area contributed by atoms with Crippen LogP contribution in [0.3, 0.4) is 0 Å². The van der Waals surface area contributed by atoms with E-state index in [-0.39, 0.29) is 4.90 Å². The van der Waals surface area contributed by atoms with Crippen LogP contribution in [0.1, 0.15) is 0 Å². The Labute approximate surface area is 160 Å². The summed E-state index contributed by atoms with van der Waals surface area (Å²) in [4.78, 5) is 8.27. The van der Waals surface area contributed by atoms with Gasteiger partial charge in [-0.25, -0.2) is 13.4 Å². The van der Waals surface area contributed by atoms with E-state index in [4.69, 9.17) is 11.6 Å². The first kappa shape index (κ1) is 17.4. The summed E-state index contributed by atoms with van der Waals surface area (Å²) in [7, 11) is -2.05. The molecular weight excluding hydrogens is 386 g/mol. The molecule has 9 heteroatoms. The van der Waals surface area contributed by atoms with Gasteiger partial charge in [0, 0.05) is 30.4 Å². The molecule has 4 rings (SSSR count). The summed E-state index contributed by atoms with van der Waals surface area (Å²) in [6.45, 7) is 0. The number of anilines is 1. The fraction of sp³-hybridized carbons (Fsp3) is 0.0556. The van der Waals surface area contributed by atoms with Crippen LogP contribution in [0.4, 0.5) is 5.69 Å². The summed E-state index contributed by atoms with van der Waals surface area (Å²) in [6.07, 6.45) is 4.55. The molecule has 0 unspecified atom stereocenters. The van der Waals surface area contributed by atoms with Crippen molar-refractivity contribution in [2.24, 2.45) is 7.05 Å². The van der Waals surface area contributed by atoms with Crippen molar-refractivity contribution in [3.05, 3.63) is 66.2 Å². The van der Waals surface area contributed by atoms with Crippen molar-refractivity contribution in [2.45, 2.75) is 4.90 Å². The molecule has 27 heavy (non-hydrogen) atoms. The highest BCUT2D eigenvalue weighted by Crippen LogP contribution is 2.27. The maximum absolute atomic E-state index is 12.8. The summed E-state index contributed by atoms with van der Waals surface area (Å²) < 4.78 is 29.8. The maximum Gasteiger partial charge on any atom is 0.263 e. The average Bonchev–Trinajstić information content (AvgIpc) is 3.04. The second kappa shape index (κ2) is 6.64. The van der Waals surface area contributed by atoms with Crippen LogP contribution < -0.4 is 4.72 Å². The number of sulfonamides is 1. The number of nitrogens with one attached hydrogen (secondary N) is 1. The maximum atomic E-state index is 12.8. The molecule has 3 aromatic heterocycles. The lowest BCUT2D eigenvalue weighted by atomic mass is 10.2. The van der Waals surface area contributed by atoms with E-state index in [9.17, 15) is 8.42 Å². The molecule has 0 saturated carbocycles. The predicted molar refractivity (Wildman–Crippen MR) is 104 cm³/mol. The number of hydrogen-bond acceptors (Lipinski definition) is 5. The van der Waals surface area contributed by atoms with Crippen molar-refractivity contribution in [2.75, 3.05) is 4.72 Å². The molecule has 7 nitrogen and oxygen atoms in total. The smallest absolute Gasteiger partial charge is 0.263 e. The first-order valence-electron chi connectivity index (χ1n) is 7.96. The molecule has 0 aliphatic heterocycles. The molecule has 0 aliphatic rings. The van der Waals surface area contributed by atoms with E-state index in [0.717, 1.165) is 5.39 Å². The minimum Gasteiger partial charge on any atom is -0.277 e. The molecule has 0 spiro atoms. The van der Waals surface area contributed by atoms with Crippen molar-refractivity contribution in [3.8, 4) is 11.3 Å². The molecule has 0 fully saturated rings. The van der Waals surface area contributed by atoms with Crippen molar-refractivity contribution in [3.63, 3.8) is 0 Å². The number of fused-ring (bicyclic) bond motifs is 1. The Hall–Kier alpha value is -2.97. The third-order valence-electron chi connectivity index (χ3n) is 4.09. The molecule has 0 bridgehead atoms. The van der Waals surface area contributed by atoms with E-state index < -0.39 is 10.0 Å². The number of aryl methyl sites for hydroxylation is 1. The Bertz CT molecular complexity index is 1240. The van der Waals surface area contributed by atoms with Gasteiger partial charge in [0.1, 0.15) is 10.0 Å². The van der Waals surface area contributed by atoms with Crippen LogP contribution >= 0.6 is 11.6 Å². The Morgan fingerprint density at radius 1 is 1.04 bits per heavy atom. The van der Waals surface area contributed by atoms with Gasteiger partial charge in [-0.1, -0.05) is 23.7 Å². The lowest BCUT2D eigenvalue weighted by Gasteiger charge is -2.10. The second-order valence-corrected chi connectivity index (χ2v) is 7.88. The highest BCUT2D eigenvalue weighted by atomic mass is 35.5. The number of halogens is 1. The molecule has 0 saturated heterocycles. The van der Waals surface area contributed by atoms with Crippen LogP contribution in [-0.2, 0) is 17.1 Å². The van der Waals surface area contributed by atoms with E-state index in [1.165, 1.54) is 12.3 Å². The Morgan fingerprint density at radius 2 is 1.89 bits per heavy atom. The number of nitrogens with zero attached hydrogens (tertiary/aromatic N) is 4. The molecule has 0 aliphatic carbocycles. The van der Waals surface area contributed by atoms with Gasteiger partial charge in [-0.15, -0.1) is 0 Å². The van der Waals surface area contributed by atoms with Gasteiger partial charge in [0.15, 0.2) is 0 Å². The zero-order valence-corrected chi connectivity index (χ0v) is 15.7. The van der Waals surface area contributed by atoms with Crippen LogP contribution in [0.5, 0.6) is 0 Å². The minimum absolute atomic E-state index is 0.0467. The minimum atomic E-state index is -3.81. The van der Waals surface area contributed by atoms with Crippen LogP contribution in [0.2, 0.25) is 5.15 Å². The number of rotatable bonds is 4. The fourth-order valence-corrected chi connectivity index (χ4v) is 4.02. The second-order valence-electron chi connectivity index (χ2n) is 5.84.